The summed E-state index contributed by atoms with van der Waals surface area (Å²) in [5.41, 5.74) is 3.26. The number of carbonyl (C=O) groups excluding carboxylic acids is 1. The van der Waals surface area contributed by atoms with Gasteiger partial charge in [-0.05, 0) is 54.8 Å². The average molecular weight is 451 g/mol. The predicted octanol–water partition coefficient (Wildman–Crippen LogP) is 4.97. The van der Waals surface area contributed by atoms with Crippen LogP contribution in [0.15, 0.2) is 40.9 Å². The number of hydrogen-bond donors (Lipinski definition) is 1. The molecule has 1 N–H and O–H groups in total. The number of amides is 1. The second-order valence-electron chi connectivity index (χ2n) is 6.48. The maximum Gasteiger partial charge on any atom is 0.210 e. The Balaban J connectivity index is 0.000000516. The molecule has 1 aromatic heterocycles. The molecule has 3 aromatic rings. The number of nitrogens with one attached hydrogen (secondary N) is 1. The van der Waals surface area contributed by atoms with Crippen LogP contribution in [-0.2, 0) is 16.0 Å². The first-order chi connectivity index (χ1) is 13.5. The number of H-pyrrole nitrogens is 1. The van der Waals surface area contributed by atoms with Crippen LogP contribution in [-0.4, -0.2) is 36.6 Å². The van der Waals surface area contributed by atoms with Crippen molar-refractivity contribution >= 4 is 33.2 Å². The highest BCUT2D eigenvalue weighted by molar-refractivity contribution is 9.10. The lowest BCUT2D eigenvalue weighted by molar-refractivity contribution is -0.120. The molecule has 7 heteroatoms. The van der Waals surface area contributed by atoms with E-state index in [1.165, 1.54) is 12.1 Å². The molecule has 4 nitrogen and oxygen atoms in total. The van der Waals surface area contributed by atoms with Gasteiger partial charge in [0.1, 0.15) is 11.6 Å². The number of carbonyl (C=O) groups is 1. The van der Waals surface area contributed by atoms with Gasteiger partial charge < -0.3 is 14.6 Å². The van der Waals surface area contributed by atoms with Gasteiger partial charge in [0.15, 0.2) is 0 Å². The molecule has 0 saturated heterocycles. The first-order valence-electron chi connectivity index (χ1n) is 8.94. The van der Waals surface area contributed by atoms with Crippen LogP contribution in [0.1, 0.15) is 29.8 Å². The van der Waals surface area contributed by atoms with E-state index >= 15 is 0 Å². The van der Waals surface area contributed by atoms with Gasteiger partial charge in [0, 0.05) is 47.4 Å². The lowest BCUT2D eigenvalue weighted by Crippen LogP contribution is -2.35. The Bertz CT molecular complexity index is 968. The monoisotopic (exact) mass is 450 g/mol. The number of fused-ring (bicyclic) bond motifs is 3. The van der Waals surface area contributed by atoms with Gasteiger partial charge in [0.25, 0.3) is 0 Å². The summed E-state index contributed by atoms with van der Waals surface area (Å²) in [7, 11) is 1.68. The number of aromatic amines is 1. The zero-order valence-electron chi connectivity index (χ0n) is 15.6. The number of halogens is 3. The van der Waals surface area contributed by atoms with Crippen molar-refractivity contribution in [1.82, 2.24) is 9.88 Å². The fourth-order valence-corrected chi connectivity index (χ4v) is 3.85. The van der Waals surface area contributed by atoms with Crippen molar-refractivity contribution in [3.05, 3.63) is 69.3 Å². The van der Waals surface area contributed by atoms with Gasteiger partial charge in [-0.2, -0.15) is 0 Å². The molecule has 0 fully saturated rings. The molecule has 1 aliphatic heterocycles. The summed E-state index contributed by atoms with van der Waals surface area (Å²) in [6, 6.07) is 8.76. The van der Waals surface area contributed by atoms with E-state index in [9.17, 15) is 13.6 Å². The highest BCUT2D eigenvalue weighted by Gasteiger charge is 2.31. The number of hydrogen-bond acceptors (Lipinski definition) is 2. The molecular weight excluding hydrogens is 430 g/mol. The third-order valence-corrected chi connectivity index (χ3v) is 5.24. The molecular formula is C21H21BrF2N2O2. The molecule has 0 radical (unpaired) electrons. The van der Waals surface area contributed by atoms with Crippen LogP contribution in [0.25, 0.3) is 10.9 Å². The number of ether oxygens (including phenoxy) is 1. The van der Waals surface area contributed by atoms with Gasteiger partial charge in [-0.1, -0.05) is 15.9 Å². The summed E-state index contributed by atoms with van der Waals surface area (Å²) in [6.45, 7) is 3.28. The zero-order chi connectivity index (χ0) is 20.3. The molecule has 28 heavy (non-hydrogen) atoms. The quantitative estimate of drug-likeness (QED) is 0.572. The van der Waals surface area contributed by atoms with Gasteiger partial charge in [0.2, 0.25) is 6.41 Å². The van der Waals surface area contributed by atoms with E-state index in [1.807, 2.05) is 25.1 Å². The largest absolute Gasteiger partial charge is 0.385 e. The number of rotatable bonds is 3. The van der Waals surface area contributed by atoms with E-state index in [-0.39, 0.29) is 0 Å². The highest BCUT2D eigenvalue weighted by atomic mass is 79.9. The van der Waals surface area contributed by atoms with Crippen molar-refractivity contribution in [3.63, 3.8) is 0 Å². The van der Waals surface area contributed by atoms with Crippen molar-refractivity contribution < 1.29 is 18.3 Å². The SMILES string of the molecule is CCOC.O=CN1CCc2c([nH]c3ccc(Br)cc23)C1c1cc(F)cc(F)c1. The number of benzene rings is 2. The fourth-order valence-electron chi connectivity index (χ4n) is 3.48. The lowest BCUT2D eigenvalue weighted by atomic mass is 9.93. The fraction of sp³-hybridized carbons (Fsp3) is 0.286. The topological polar surface area (TPSA) is 45.3 Å². The summed E-state index contributed by atoms with van der Waals surface area (Å²) in [5, 5.41) is 1.06. The van der Waals surface area contributed by atoms with Crippen molar-refractivity contribution in [3.8, 4) is 0 Å². The molecule has 2 heterocycles. The molecule has 0 aliphatic carbocycles. The molecule has 148 valence electrons. The Kier molecular flexibility index (Phi) is 6.46. The Labute approximate surface area is 170 Å². The third-order valence-electron chi connectivity index (χ3n) is 4.75. The van der Waals surface area contributed by atoms with Gasteiger partial charge in [-0.15, -0.1) is 0 Å². The van der Waals surface area contributed by atoms with E-state index < -0.39 is 17.7 Å². The van der Waals surface area contributed by atoms with Crippen LogP contribution < -0.4 is 0 Å². The highest BCUT2D eigenvalue weighted by Crippen LogP contribution is 2.38. The van der Waals surface area contributed by atoms with E-state index in [2.05, 4.69) is 25.7 Å². The Morgan fingerprint density at radius 3 is 2.54 bits per heavy atom. The summed E-state index contributed by atoms with van der Waals surface area (Å²) >= 11 is 3.47. The molecule has 0 bridgehead atoms. The number of nitrogens with zero attached hydrogens (tertiary/aromatic N) is 1. The Morgan fingerprint density at radius 2 is 1.93 bits per heavy atom. The first-order valence-corrected chi connectivity index (χ1v) is 9.73. The summed E-state index contributed by atoms with van der Waals surface area (Å²) in [5.74, 6) is -1.30. The summed E-state index contributed by atoms with van der Waals surface area (Å²) in [6.07, 6.45) is 1.43. The minimum Gasteiger partial charge on any atom is -0.385 e. The molecule has 1 unspecified atom stereocenters. The number of aromatic nitrogens is 1. The van der Waals surface area contributed by atoms with Crippen LogP contribution in [0.5, 0.6) is 0 Å². The van der Waals surface area contributed by atoms with E-state index in [4.69, 9.17) is 0 Å². The summed E-state index contributed by atoms with van der Waals surface area (Å²) < 4.78 is 32.9. The van der Waals surface area contributed by atoms with Gasteiger partial charge in [-0.25, -0.2) is 8.78 Å². The molecule has 2 aromatic carbocycles. The molecule has 0 spiro atoms. The Morgan fingerprint density at radius 1 is 1.25 bits per heavy atom. The normalized spacial score (nSPS) is 15.8. The van der Waals surface area contributed by atoms with Gasteiger partial charge in [0.05, 0.1) is 6.04 Å². The smallest absolute Gasteiger partial charge is 0.210 e. The van der Waals surface area contributed by atoms with Crippen LogP contribution >= 0.6 is 15.9 Å². The van der Waals surface area contributed by atoms with E-state index in [0.29, 0.717) is 18.5 Å². The standard InChI is InChI=1S/C18H13BrF2N2O.C3H8O/c19-11-1-2-16-15(7-11)14-3-4-23(9-24)18(17(14)22-16)10-5-12(20)8-13(21)6-10;1-3-4-2/h1-2,5-9,18,22H,3-4H2;3H2,1-2H3. The van der Waals surface area contributed by atoms with Crippen LogP contribution in [0.3, 0.4) is 0 Å². The Hall–Kier alpha value is -2.25. The number of methoxy groups -OCH3 is 1. The molecule has 4 rings (SSSR count). The van der Waals surface area contributed by atoms with Crippen LogP contribution in [0.2, 0.25) is 0 Å². The zero-order valence-corrected chi connectivity index (χ0v) is 17.2. The first kappa shape index (κ1) is 20.5. The van der Waals surface area contributed by atoms with Gasteiger partial charge in [-0.3, -0.25) is 4.79 Å². The maximum absolute atomic E-state index is 13.7. The van der Waals surface area contributed by atoms with Crippen LogP contribution in [0, 0.1) is 11.6 Å². The van der Waals surface area contributed by atoms with Crippen molar-refractivity contribution in [2.75, 3.05) is 20.3 Å². The van der Waals surface area contributed by atoms with Crippen molar-refractivity contribution in [1.29, 1.82) is 0 Å². The van der Waals surface area contributed by atoms with Crippen molar-refractivity contribution in [2.24, 2.45) is 0 Å². The summed E-state index contributed by atoms with van der Waals surface area (Å²) in [4.78, 5) is 16.4. The van der Waals surface area contributed by atoms with E-state index in [1.54, 1.807) is 12.0 Å². The van der Waals surface area contributed by atoms with Gasteiger partial charge >= 0.3 is 0 Å². The third kappa shape index (κ3) is 4.10. The predicted molar refractivity (Wildman–Crippen MR) is 108 cm³/mol. The van der Waals surface area contributed by atoms with Crippen LogP contribution in [0.4, 0.5) is 8.78 Å². The second kappa shape index (κ2) is 8.84. The minimum atomic E-state index is -0.651. The van der Waals surface area contributed by atoms with E-state index in [0.717, 1.165) is 45.7 Å². The molecule has 1 amide bonds. The molecule has 1 aliphatic rings. The molecule has 0 saturated carbocycles. The molecule has 1 atom stereocenters. The minimum absolute atomic E-state index is 0.422. The maximum atomic E-state index is 13.7. The lowest BCUT2D eigenvalue weighted by Gasteiger charge is -2.33. The van der Waals surface area contributed by atoms with Crippen molar-refractivity contribution in [2.45, 2.75) is 19.4 Å². The average Bonchev–Trinajstić information content (AvgIpc) is 3.04. The second-order valence-corrected chi connectivity index (χ2v) is 7.40.